The van der Waals surface area contributed by atoms with E-state index < -0.39 is 0 Å². The minimum atomic E-state index is 0.0531. The lowest BCUT2D eigenvalue weighted by Crippen LogP contribution is -2.20. The van der Waals surface area contributed by atoms with Gasteiger partial charge in [0.2, 0.25) is 0 Å². The Kier molecular flexibility index (Phi) is 4.22. The van der Waals surface area contributed by atoms with Crippen LogP contribution < -0.4 is 11.1 Å². The Balaban J connectivity index is 3.37. The van der Waals surface area contributed by atoms with Crippen molar-refractivity contribution in [3.63, 3.8) is 0 Å². The number of hydrogen-bond acceptors (Lipinski definition) is 4. The van der Waals surface area contributed by atoms with E-state index in [2.05, 4.69) is 15.5 Å². The van der Waals surface area contributed by atoms with E-state index in [0.717, 1.165) is 30.6 Å². The van der Waals surface area contributed by atoms with Gasteiger partial charge in [-0.1, -0.05) is 13.8 Å². The average molecular weight is 221 g/mol. The Morgan fingerprint density at radius 1 is 1.25 bits per heavy atom. The summed E-state index contributed by atoms with van der Waals surface area (Å²) in [5.74, 6) is 0.668. The normalized spacial score (nSPS) is 10.2. The van der Waals surface area contributed by atoms with Gasteiger partial charge in [0.1, 0.15) is 5.84 Å². The Hall–Kier alpha value is -1.65. The molecule has 0 bridgehead atoms. The molecule has 0 amide bonds. The number of aromatic nitrogens is 2. The van der Waals surface area contributed by atoms with E-state index >= 15 is 0 Å². The highest BCUT2D eigenvalue weighted by Gasteiger charge is 2.15. The number of nitrogens with zero attached hydrogens (tertiary/aromatic N) is 2. The van der Waals surface area contributed by atoms with Gasteiger partial charge in [0.25, 0.3) is 0 Å². The standard InChI is InChI=1S/C11H19N5/c1-4-7-8(5-2)15-16-11(14-6-3)9(7)10(12)13/h4-6H2,1-3H3,(H3,12,13)(H,14,16). The summed E-state index contributed by atoms with van der Waals surface area (Å²) < 4.78 is 0. The van der Waals surface area contributed by atoms with Gasteiger partial charge in [0.15, 0.2) is 5.82 Å². The second-order valence-corrected chi connectivity index (χ2v) is 3.50. The molecule has 0 unspecified atom stereocenters. The highest BCUT2D eigenvalue weighted by Crippen LogP contribution is 2.20. The zero-order valence-electron chi connectivity index (χ0n) is 10.1. The summed E-state index contributed by atoms with van der Waals surface area (Å²) in [5, 5.41) is 19.0. The molecule has 5 heteroatoms. The van der Waals surface area contributed by atoms with Crippen molar-refractivity contribution < 1.29 is 0 Å². The Bertz CT molecular complexity index is 386. The van der Waals surface area contributed by atoms with E-state index in [1.54, 1.807) is 0 Å². The van der Waals surface area contributed by atoms with Crippen molar-refractivity contribution in [2.24, 2.45) is 5.73 Å². The second-order valence-electron chi connectivity index (χ2n) is 3.50. The summed E-state index contributed by atoms with van der Waals surface area (Å²) in [7, 11) is 0. The van der Waals surface area contributed by atoms with Crippen molar-refractivity contribution in [2.75, 3.05) is 11.9 Å². The first-order chi connectivity index (χ1) is 7.65. The highest BCUT2D eigenvalue weighted by atomic mass is 15.2. The van der Waals surface area contributed by atoms with E-state index in [4.69, 9.17) is 11.1 Å². The Labute approximate surface area is 96.0 Å². The van der Waals surface area contributed by atoms with Crippen LogP contribution in [0.4, 0.5) is 5.82 Å². The van der Waals surface area contributed by atoms with Crippen LogP contribution in [-0.2, 0) is 12.8 Å². The number of rotatable bonds is 5. The van der Waals surface area contributed by atoms with E-state index in [1.165, 1.54) is 0 Å². The molecule has 0 aliphatic heterocycles. The van der Waals surface area contributed by atoms with Crippen LogP contribution in [0.1, 0.15) is 37.6 Å². The number of nitrogens with two attached hydrogens (primary N) is 1. The number of anilines is 1. The quantitative estimate of drug-likeness (QED) is 0.517. The fraction of sp³-hybridized carbons (Fsp3) is 0.545. The molecule has 88 valence electrons. The molecule has 0 fully saturated rings. The molecular formula is C11H19N5. The van der Waals surface area contributed by atoms with E-state index in [0.29, 0.717) is 11.4 Å². The van der Waals surface area contributed by atoms with Crippen molar-refractivity contribution in [3.05, 3.63) is 16.8 Å². The fourth-order valence-electron chi connectivity index (χ4n) is 1.75. The highest BCUT2D eigenvalue weighted by molar-refractivity contribution is 6.01. The predicted molar refractivity (Wildman–Crippen MR) is 66.0 cm³/mol. The molecule has 1 rings (SSSR count). The lowest BCUT2D eigenvalue weighted by Gasteiger charge is -2.14. The molecule has 0 saturated heterocycles. The minimum absolute atomic E-state index is 0.0531. The zero-order chi connectivity index (χ0) is 12.1. The zero-order valence-corrected chi connectivity index (χ0v) is 10.1. The Morgan fingerprint density at radius 2 is 1.94 bits per heavy atom. The lowest BCUT2D eigenvalue weighted by atomic mass is 10.0. The van der Waals surface area contributed by atoms with E-state index in [-0.39, 0.29) is 5.84 Å². The van der Waals surface area contributed by atoms with Crippen molar-refractivity contribution >= 4 is 11.7 Å². The number of amidine groups is 1. The third-order valence-electron chi connectivity index (χ3n) is 2.46. The van der Waals surface area contributed by atoms with Gasteiger partial charge in [-0.15, -0.1) is 5.10 Å². The third kappa shape index (κ3) is 2.29. The summed E-state index contributed by atoms with van der Waals surface area (Å²) >= 11 is 0. The minimum Gasteiger partial charge on any atom is -0.384 e. The van der Waals surface area contributed by atoms with Crippen LogP contribution in [0, 0.1) is 5.41 Å². The molecule has 0 spiro atoms. The van der Waals surface area contributed by atoms with Crippen LogP contribution in [0.3, 0.4) is 0 Å². The second kappa shape index (κ2) is 5.44. The van der Waals surface area contributed by atoms with Crippen LogP contribution in [0.2, 0.25) is 0 Å². The molecule has 0 saturated carbocycles. The molecule has 0 aromatic carbocycles. The van der Waals surface area contributed by atoms with Crippen molar-refractivity contribution in [1.29, 1.82) is 5.41 Å². The fourth-order valence-corrected chi connectivity index (χ4v) is 1.75. The monoisotopic (exact) mass is 221 g/mol. The molecular weight excluding hydrogens is 202 g/mol. The molecule has 0 aliphatic carbocycles. The number of nitrogens with one attached hydrogen (secondary N) is 2. The third-order valence-corrected chi connectivity index (χ3v) is 2.46. The van der Waals surface area contributed by atoms with Crippen LogP contribution in [0.25, 0.3) is 0 Å². The molecule has 5 nitrogen and oxygen atoms in total. The molecule has 0 aliphatic rings. The van der Waals surface area contributed by atoms with Crippen LogP contribution in [-0.4, -0.2) is 22.6 Å². The van der Waals surface area contributed by atoms with Gasteiger partial charge in [0, 0.05) is 6.54 Å². The van der Waals surface area contributed by atoms with Gasteiger partial charge in [-0.3, -0.25) is 5.41 Å². The molecule has 1 aromatic heterocycles. The predicted octanol–water partition coefficient (Wildman–Crippen LogP) is 1.32. The average Bonchev–Trinajstić information content (AvgIpc) is 2.28. The molecule has 4 N–H and O–H groups in total. The maximum atomic E-state index is 7.64. The molecule has 0 radical (unpaired) electrons. The van der Waals surface area contributed by atoms with Gasteiger partial charge in [-0.2, -0.15) is 5.10 Å². The number of hydrogen-bond donors (Lipinski definition) is 3. The summed E-state index contributed by atoms with van der Waals surface area (Å²) in [6, 6.07) is 0. The molecule has 1 aromatic rings. The molecule has 1 heterocycles. The maximum absolute atomic E-state index is 7.64. The van der Waals surface area contributed by atoms with Crippen molar-refractivity contribution in [1.82, 2.24) is 10.2 Å². The van der Waals surface area contributed by atoms with Gasteiger partial charge in [-0.05, 0) is 25.3 Å². The topological polar surface area (TPSA) is 87.7 Å². The first kappa shape index (κ1) is 12.4. The van der Waals surface area contributed by atoms with E-state index in [1.807, 2.05) is 20.8 Å². The largest absolute Gasteiger partial charge is 0.384 e. The van der Waals surface area contributed by atoms with Gasteiger partial charge < -0.3 is 11.1 Å². The first-order valence-electron chi connectivity index (χ1n) is 5.62. The van der Waals surface area contributed by atoms with Crippen LogP contribution >= 0.6 is 0 Å². The molecule has 0 atom stereocenters. The number of nitrogen functional groups attached to an aromatic ring is 1. The summed E-state index contributed by atoms with van der Waals surface area (Å²) in [5.41, 5.74) is 8.28. The van der Waals surface area contributed by atoms with Gasteiger partial charge >= 0.3 is 0 Å². The summed E-state index contributed by atoms with van der Waals surface area (Å²) in [6.07, 6.45) is 1.62. The lowest BCUT2D eigenvalue weighted by molar-refractivity contribution is 0.872. The summed E-state index contributed by atoms with van der Waals surface area (Å²) in [6.45, 7) is 6.78. The van der Waals surface area contributed by atoms with Gasteiger partial charge in [-0.25, -0.2) is 0 Å². The summed E-state index contributed by atoms with van der Waals surface area (Å²) in [4.78, 5) is 0. The van der Waals surface area contributed by atoms with Crippen molar-refractivity contribution in [3.8, 4) is 0 Å². The van der Waals surface area contributed by atoms with Crippen LogP contribution in [0.5, 0.6) is 0 Å². The SMILES string of the molecule is CCNc1nnc(CC)c(CC)c1C(=N)N. The van der Waals surface area contributed by atoms with E-state index in [9.17, 15) is 0 Å². The smallest absolute Gasteiger partial charge is 0.159 e. The van der Waals surface area contributed by atoms with Gasteiger partial charge in [0.05, 0.1) is 11.3 Å². The number of aryl methyl sites for hydroxylation is 1. The maximum Gasteiger partial charge on any atom is 0.159 e. The van der Waals surface area contributed by atoms with Crippen molar-refractivity contribution in [2.45, 2.75) is 33.6 Å². The Morgan fingerprint density at radius 3 is 2.38 bits per heavy atom. The molecule has 16 heavy (non-hydrogen) atoms. The van der Waals surface area contributed by atoms with Crippen LogP contribution in [0.15, 0.2) is 0 Å². The first-order valence-corrected chi connectivity index (χ1v) is 5.62.